The summed E-state index contributed by atoms with van der Waals surface area (Å²) in [5.74, 6) is 0.542. The molecule has 0 aromatic heterocycles. The van der Waals surface area contributed by atoms with Gasteiger partial charge in [-0.25, -0.2) is 0 Å². The normalized spacial score (nSPS) is 10.5. The van der Waals surface area contributed by atoms with E-state index in [1.807, 2.05) is 74.5 Å². The average molecular weight is 305 g/mol. The van der Waals surface area contributed by atoms with Crippen LogP contribution in [0.25, 0.3) is 10.8 Å². The Morgan fingerprint density at radius 3 is 2.48 bits per heavy atom. The van der Waals surface area contributed by atoms with Crippen molar-refractivity contribution in [3.8, 4) is 5.75 Å². The Kier molecular flexibility index (Phi) is 4.29. The molecule has 3 heteroatoms. The number of hydrogen-bond acceptors (Lipinski definition) is 2. The number of nitrogens with one attached hydrogen (secondary N) is 1. The molecule has 0 radical (unpaired) electrons. The van der Waals surface area contributed by atoms with Gasteiger partial charge < -0.3 is 10.1 Å². The van der Waals surface area contributed by atoms with Gasteiger partial charge in [0.1, 0.15) is 5.75 Å². The largest absolute Gasteiger partial charge is 0.484 e. The molecule has 3 aromatic carbocycles. The van der Waals surface area contributed by atoms with Gasteiger partial charge in [0.2, 0.25) is 0 Å². The third kappa shape index (κ3) is 3.69. The van der Waals surface area contributed by atoms with Crippen LogP contribution >= 0.6 is 0 Å². The van der Waals surface area contributed by atoms with E-state index in [0.29, 0.717) is 5.75 Å². The molecule has 116 valence electrons. The fourth-order valence-corrected chi connectivity index (χ4v) is 2.42. The molecule has 0 unspecified atom stereocenters. The number of ether oxygens (including phenoxy) is 1. The van der Waals surface area contributed by atoms with E-state index in [2.05, 4.69) is 5.32 Å². The van der Waals surface area contributed by atoms with E-state index in [0.717, 1.165) is 22.0 Å². The van der Waals surface area contributed by atoms with Crippen LogP contribution in [0.3, 0.4) is 0 Å². The Bertz CT molecular complexity index is 855. The van der Waals surface area contributed by atoms with Crippen LogP contribution in [-0.2, 0) is 4.79 Å². The summed E-state index contributed by atoms with van der Waals surface area (Å²) >= 11 is 0. The lowest BCUT2D eigenvalue weighted by atomic mass is 10.1. The summed E-state index contributed by atoms with van der Waals surface area (Å²) in [6, 6.07) is 19.7. The molecule has 3 nitrogen and oxygen atoms in total. The molecule has 3 aromatic rings. The van der Waals surface area contributed by atoms with Crippen molar-refractivity contribution in [1.29, 1.82) is 0 Å². The Balaban J connectivity index is 1.62. The second-order valence-electron chi connectivity index (χ2n) is 5.64. The highest BCUT2D eigenvalue weighted by Crippen LogP contribution is 2.19. The zero-order chi connectivity index (χ0) is 16.2. The molecule has 0 saturated heterocycles. The van der Waals surface area contributed by atoms with Crippen molar-refractivity contribution in [3.05, 3.63) is 71.8 Å². The van der Waals surface area contributed by atoms with Gasteiger partial charge in [0.05, 0.1) is 0 Å². The van der Waals surface area contributed by atoms with Crippen LogP contribution in [0.5, 0.6) is 5.75 Å². The fourth-order valence-electron chi connectivity index (χ4n) is 2.42. The van der Waals surface area contributed by atoms with Gasteiger partial charge in [0.25, 0.3) is 5.91 Å². The standard InChI is InChI=1S/C20H19NO2/c1-14-7-10-19(11-15(14)2)23-13-20(22)21-18-9-8-16-5-3-4-6-17(16)12-18/h3-12H,13H2,1-2H3,(H,21,22). The molecule has 0 aliphatic heterocycles. The highest BCUT2D eigenvalue weighted by atomic mass is 16.5. The molecule has 0 heterocycles. The van der Waals surface area contributed by atoms with Crippen LogP contribution in [0.2, 0.25) is 0 Å². The minimum absolute atomic E-state index is 0.00464. The van der Waals surface area contributed by atoms with Gasteiger partial charge in [0, 0.05) is 5.69 Å². The van der Waals surface area contributed by atoms with Crippen molar-refractivity contribution >= 4 is 22.4 Å². The lowest BCUT2D eigenvalue weighted by molar-refractivity contribution is -0.118. The summed E-state index contributed by atoms with van der Waals surface area (Å²) in [5.41, 5.74) is 3.13. The summed E-state index contributed by atoms with van der Waals surface area (Å²) in [6.45, 7) is 4.07. The van der Waals surface area contributed by atoms with Crippen LogP contribution in [0.1, 0.15) is 11.1 Å². The third-order valence-corrected chi connectivity index (χ3v) is 3.88. The first-order valence-electron chi connectivity index (χ1n) is 7.60. The monoisotopic (exact) mass is 305 g/mol. The summed E-state index contributed by atoms with van der Waals surface area (Å²) < 4.78 is 5.55. The van der Waals surface area contributed by atoms with Gasteiger partial charge in [0.15, 0.2) is 6.61 Å². The lowest BCUT2D eigenvalue weighted by Gasteiger charge is -2.09. The highest BCUT2D eigenvalue weighted by molar-refractivity contribution is 5.95. The Morgan fingerprint density at radius 2 is 1.70 bits per heavy atom. The number of fused-ring (bicyclic) bond motifs is 1. The van der Waals surface area contributed by atoms with Crippen molar-refractivity contribution in [2.75, 3.05) is 11.9 Å². The average Bonchev–Trinajstić information content (AvgIpc) is 2.56. The maximum absolute atomic E-state index is 12.0. The van der Waals surface area contributed by atoms with Crippen LogP contribution in [0, 0.1) is 13.8 Å². The smallest absolute Gasteiger partial charge is 0.262 e. The van der Waals surface area contributed by atoms with E-state index in [1.165, 1.54) is 5.56 Å². The fraction of sp³-hybridized carbons (Fsp3) is 0.150. The SMILES string of the molecule is Cc1ccc(OCC(=O)Nc2ccc3ccccc3c2)cc1C. The topological polar surface area (TPSA) is 38.3 Å². The van der Waals surface area contributed by atoms with Crippen LogP contribution in [-0.4, -0.2) is 12.5 Å². The molecule has 0 fully saturated rings. The second kappa shape index (κ2) is 6.53. The summed E-state index contributed by atoms with van der Waals surface area (Å²) in [4.78, 5) is 12.0. The predicted molar refractivity (Wildman–Crippen MR) is 94.0 cm³/mol. The van der Waals surface area contributed by atoms with E-state index >= 15 is 0 Å². The molecule has 23 heavy (non-hydrogen) atoms. The van der Waals surface area contributed by atoms with Gasteiger partial charge in [-0.2, -0.15) is 0 Å². The van der Waals surface area contributed by atoms with Gasteiger partial charge in [-0.15, -0.1) is 0 Å². The number of benzene rings is 3. The zero-order valence-electron chi connectivity index (χ0n) is 13.3. The summed E-state index contributed by atoms with van der Waals surface area (Å²) in [6.07, 6.45) is 0. The van der Waals surface area contributed by atoms with Gasteiger partial charge in [-0.1, -0.05) is 36.4 Å². The Labute approximate surface area is 135 Å². The van der Waals surface area contributed by atoms with Crippen molar-refractivity contribution in [2.24, 2.45) is 0 Å². The van der Waals surface area contributed by atoms with Crippen molar-refractivity contribution in [1.82, 2.24) is 0 Å². The molecule has 0 saturated carbocycles. The maximum Gasteiger partial charge on any atom is 0.262 e. The molecular formula is C20H19NO2. The van der Waals surface area contributed by atoms with E-state index in [1.54, 1.807) is 0 Å². The number of rotatable bonds is 4. The number of amides is 1. The van der Waals surface area contributed by atoms with Gasteiger partial charge in [-0.3, -0.25) is 4.79 Å². The highest BCUT2D eigenvalue weighted by Gasteiger charge is 2.05. The second-order valence-corrected chi connectivity index (χ2v) is 5.64. The van der Waals surface area contributed by atoms with Gasteiger partial charge in [-0.05, 0) is 60.0 Å². The first kappa shape index (κ1) is 15.1. The zero-order valence-corrected chi connectivity index (χ0v) is 13.3. The molecule has 1 N–H and O–H groups in total. The molecule has 0 spiro atoms. The molecule has 1 amide bonds. The lowest BCUT2D eigenvalue weighted by Crippen LogP contribution is -2.20. The van der Waals surface area contributed by atoms with E-state index in [9.17, 15) is 4.79 Å². The number of hydrogen-bond donors (Lipinski definition) is 1. The van der Waals surface area contributed by atoms with Crippen molar-refractivity contribution in [2.45, 2.75) is 13.8 Å². The van der Waals surface area contributed by atoms with Gasteiger partial charge >= 0.3 is 0 Å². The number of anilines is 1. The minimum Gasteiger partial charge on any atom is -0.484 e. The van der Waals surface area contributed by atoms with E-state index in [4.69, 9.17) is 4.74 Å². The van der Waals surface area contributed by atoms with Crippen LogP contribution < -0.4 is 10.1 Å². The third-order valence-electron chi connectivity index (χ3n) is 3.88. The quantitative estimate of drug-likeness (QED) is 0.772. The molecular weight excluding hydrogens is 286 g/mol. The first-order chi connectivity index (χ1) is 11.1. The van der Waals surface area contributed by atoms with Crippen molar-refractivity contribution in [3.63, 3.8) is 0 Å². The van der Waals surface area contributed by atoms with Crippen LogP contribution in [0.15, 0.2) is 60.7 Å². The predicted octanol–water partition coefficient (Wildman–Crippen LogP) is 4.47. The molecule has 0 bridgehead atoms. The number of carbonyl (C=O) groups excluding carboxylic acids is 1. The summed E-state index contributed by atoms with van der Waals surface area (Å²) in [5, 5.41) is 5.11. The minimum atomic E-state index is -0.168. The maximum atomic E-state index is 12.0. The van der Waals surface area contributed by atoms with E-state index in [-0.39, 0.29) is 12.5 Å². The van der Waals surface area contributed by atoms with Crippen LogP contribution in [0.4, 0.5) is 5.69 Å². The molecule has 3 rings (SSSR count). The summed E-state index contributed by atoms with van der Waals surface area (Å²) in [7, 11) is 0. The number of aryl methyl sites for hydroxylation is 2. The van der Waals surface area contributed by atoms with E-state index < -0.39 is 0 Å². The molecule has 0 aliphatic rings. The number of carbonyl (C=O) groups is 1. The Morgan fingerprint density at radius 1 is 0.913 bits per heavy atom. The molecule has 0 atom stereocenters. The first-order valence-corrected chi connectivity index (χ1v) is 7.60. The Hall–Kier alpha value is -2.81. The molecule has 0 aliphatic carbocycles. The van der Waals surface area contributed by atoms with Crippen molar-refractivity contribution < 1.29 is 9.53 Å².